The highest BCUT2D eigenvalue weighted by Crippen LogP contribution is 2.39. The van der Waals surface area contributed by atoms with Crippen molar-refractivity contribution in [3.8, 4) is 0 Å². The maximum Gasteiger partial charge on any atom is 0.390 e. The van der Waals surface area contributed by atoms with Gasteiger partial charge in [0.05, 0.1) is 6.42 Å². The second-order valence-corrected chi connectivity index (χ2v) is 6.69. The van der Waals surface area contributed by atoms with Crippen molar-refractivity contribution in [2.45, 2.75) is 51.7 Å². The van der Waals surface area contributed by atoms with E-state index in [4.69, 9.17) is 0 Å². The SMILES string of the molecule is CNC1CCC(C)(C)CC1CN(C)CCC(F)(F)F. The van der Waals surface area contributed by atoms with Crippen LogP contribution in [0.3, 0.4) is 0 Å². The molecule has 1 aliphatic carbocycles. The number of rotatable bonds is 5. The zero-order chi connectivity index (χ0) is 14.7. The lowest BCUT2D eigenvalue weighted by Crippen LogP contribution is -2.46. The van der Waals surface area contributed by atoms with Crippen molar-refractivity contribution in [3.63, 3.8) is 0 Å². The third kappa shape index (κ3) is 6.13. The van der Waals surface area contributed by atoms with Crippen LogP contribution in [-0.2, 0) is 0 Å². The molecule has 0 radical (unpaired) electrons. The second-order valence-electron chi connectivity index (χ2n) is 6.69. The highest BCUT2D eigenvalue weighted by Gasteiger charge is 2.35. The second kappa shape index (κ2) is 6.44. The summed E-state index contributed by atoms with van der Waals surface area (Å²) in [7, 11) is 3.74. The average Bonchev–Trinajstić information content (AvgIpc) is 2.25. The molecule has 0 heterocycles. The van der Waals surface area contributed by atoms with Crippen LogP contribution in [0.4, 0.5) is 13.2 Å². The fourth-order valence-corrected chi connectivity index (χ4v) is 3.12. The summed E-state index contributed by atoms with van der Waals surface area (Å²) in [5.74, 6) is 0.437. The minimum absolute atomic E-state index is 0.0941. The van der Waals surface area contributed by atoms with E-state index in [1.54, 1.807) is 7.05 Å². The molecule has 0 spiro atoms. The van der Waals surface area contributed by atoms with Gasteiger partial charge in [-0.25, -0.2) is 0 Å². The van der Waals surface area contributed by atoms with Crippen LogP contribution in [-0.4, -0.2) is 44.3 Å². The third-order valence-corrected chi connectivity index (χ3v) is 4.21. The van der Waals surface area contributed by atoms with E-state index in [0.29, 0.717) is 17.4 Å². The summed E-state index contributed by atoms with van der Waals surface area (Å²) >= 11 is 0. The van der Waals surface area contributed by atoms with Gasteiger partial charge >= 0.3 is 6.18 Å². The van der Waals surface area contributed by atoms with Gasteiger partial charge in [0.2, 0.25) is 0 Å². The lowest BCUT2D eigenvalue weighted by atomic mass is 9.70. The summed E-state index contributed by atoms with van der Waals surface area (Å²) in [6.45, 7) is 5.34. The van der Waals surface area contributed by atoms with Gasteiger partial charge < -0.3 is 10.2 Å². The first kappa shape index (κ1) is 16.8. The zero-order valence-corrected chi connectivity index (χ0v) is 12.5. The molecule has 0 amide bonds. The minimum Gasteiger partial charge on any atom is -0.317 e. The molecule has 1 fully saturated rings. The Hall–Kier alpha value is -0.290. The third-order valence-electron chi connectivity index (χ3n) is 4.21. The number of hydrogen-bond donors (Lipinski definition) is 1. The van der Waals surface area contributed by atoms with Gasteiger partial charge in [0, 0.05) is 19.1 Å². The average molecular weight is 280 g/mol. The van der Waals surface area contributed by atoms with Crippen molar-refractivity contribution in [2.75, 3.05) is 27.2 Å². The van der Waals surface area contributed by atoms with Crippen LogP contribution in [0.15, 0.2) is 0 Å². The predicted molar refractivity (Wildman–Crippen MR) is 72.1 cm³/mol. The molecule has 1 N–H and O–H groups in total. The Balaban J connectivity index is 2.47. The molecular weight excluding hydrogens is 253 g/mol. The van der Waals surface area contributed by atoms with Gasteiger partial charge in [0.15, 0.2) is 0 Å². The summed E-state index contributed by atoms with van der Waals surface area (Å²) in [5, 5.41) is 3.32. The summed E-state index contributed by atoms with van der Waals surface area (Å²) < 4.78 is 36.7. The largest absolute Gasteiger partial charge is 0.390 e. The van der Waals surface area contributed by atoms with Gasteiger partial charge in [0.25, 0.3) is 0 Å². The van der Waals surface area contributed by atoms with Crippen LogP contribution in [0.1, 0.15) is 39.5 Å². The van der Waals surface area contributed by atoms with E-state index in [9.17, 15) is 13.2 Å². The van der Waals surface area contributed by atoms with Gasteiger partial charge in [-0.15, -0.1) is 0 Å². The summed E-state index contributed by atoms with van der Waals surface area (Å²) in [6.07, 6.45) is -1.40. The van der Waals surface area contributed by atoms with Gasteiger partial charge in [-0.1, -0.05) is 13.8 Å². The molecule has 0 bridgehead atoms. The molecule has 1 saturated carbocycles. The maximum atomic E-state index is 12.2. The van der Waals surface area contributed by atoms with Crippen molar-refractivity contribution in [1.29, 1.82) is 0 Å². The van der Waals surface area contributed by atoms with E-state index in [1.807, 2.05) is 11.9 Å². The van der Waals surface area contributed by atoms with Crippen molar-refractivity contribution in [2.24, 2.45) is 11.3 Å². The molecule has 1 rings (SSSR count). The first-order chi connectivity index (χ1) is 8.63. The van der Waals surface area contributed by atoms with Crippen LogP contribution in [0.2, 0.25) is 0 Å². The predicted octanol–water partition coefficient (Wildman–Crippen LogP) is 3.28. The summed E-state index contributed by atoms with van der Waals surface area (Å²) in [4.78, 5) is 1.82. The van der Waals surface area contributed by atoms with Gasteiger partial charge in [-0.05, 0) is 44.7 Å². The molecule has 114 valence electrons. The lowest BCUT2D eigenvalue weighted by molar-refractivity contribution is -0.137. The van der Waals surface area contributed by atoms with E-state index in [-0.39, 0.29) is 6.54 Å². The first-order valence-electron chi connectivity index (χ1n) is 7.05. The number of nitrogens with zero attached hydrogens (tertiary/aromatic N) is 1. The summed E-state index contributed by atoms with van der Waals surface area (Å²) in [5.41, 5.74) is 0.308. The van der Waals surface area contributed by atoms with E-state index in [1.165, 1.54) is 6.42 Å². The fraction of sp³-hybridized carbons (Fsp3) is 1.00. The highest BCUT2D eigenvalue weighted by atomic mass is 19.4. The van der Waals surface area contributed by atoms with E-state index in [2.05, 4.69) is 19.2 Å². The Kier molecular flexibility index (Phi) is 5.68. The molecule has 2 unspecified atom stereocenters. The number of nitrogens with one attached hydrogen (secondary N) is 1. The van der Waals surface area contributed by atoms with Crippen LogP contribution in [0.5, 0.6) is 0 Å². The highest BCUT2D eigenvalue weighted by molar-refractivity contribution is 4.89. The molecule has 2 atom stereocenters. The van der Waals surface area contributed by atoms with E-state index < -0.39 is 12.6 Å². The molecule has 0 saturated heterocycles. The number of halogens is 3. The molecular formula is C14H27F3N2. The standard InChI is InChI=1S/C14H27F3N2/c1-13(2)6-5-12(18-3)11(9-13)10-19(4)8-7-14(15,16)17/h11-12,18H,5-10H2,1-4H3. The zero-order valence-electron chi connectivity index (χ0n) is 12.5. The molecule has 5 heteroatoms. The van der Waals surface area contributed by atoms with Crippen molar-refractivity contribution in [1.82, 2.24) is 10.2 Å². The van der Waals surface area contributed by atoms with E-state index >= 15 is 0 Å². The van der Waals surface area contributed by atoms with Gasteiger partial charge in [0.1, 0.15) is 0 Å². The normalized spacial score (nSPS) is 27.8. The van der Waals surface area contributed by atoms with Gasteiger partial charge in [-0.2, -0.15) is 13.2 Å². The smallest absolute Gasteiger partial charge is 0.317 e. The number of alkyl halides is 3. The Morgan fingerprint density at radius 2 is 1.95 bits per heavy atom. The lowest BCUT2D eigenvalue weighted by Gasteiger charge is -2.42. The van der Waals surface area contributed by atoms with Crippen LogP contribution in [0, 0.1) is 11.3 Å². The number of hydrogen-bond acceptors (Lipinski definition) is 2. The minimum atomic E-state index is -4.05. The molecule has 1 aliphatic rings. The quantitative estimate of drug-likeness (QED) is 0.831. The van der Waals surface area contributed by atoms with Crippen molar-refractivity contribution in [3.05, 3.63) is 0 Å². The fourth-order valence-electron chi connectivity index (χ4n) is 3.12. The Labute approximate surface area is 114 Å². The Morgan fingerprint density at radius 1 is 1.32 bits per heavy atom. The summed E-state index contributed by atoms with van der Waals surface area (Å²) in [6, 6.07) is 0.432. The van der Waals surface area contributed by atoms with E-state index in [0.717, 1.165) is 19.4 Å². The van der Waals surface area contributed by atoms with Crippen molar-refractivity contribution < 1.29 is 13.2 Å². The topological polar surface area (TPSA) is 15.3 Å². The van der Waals surface area contributed by atoms with Crippen LogP contribution >= 0.6 is 0 Å². The van der Waals surface area contributed by atoms with Crippen LogP contribution in [0.25, 0.3) is 0 Å². The monoisotopic (exact) mass is 280 g/mol. The molecule has 0 aromatic carbocycles. The molecule has 0 aromatic heterocycles. The molecule has 0 aromatic rings. The molecule has 0 aliphatic heterocycles. The molecule has 19 heavy (non-hydrogen) atoms. The van der Waals surface area contributed by atoms with Crippen molar-refractivity contribution >= 4 is 0 Å². The Morgan fingerprint density at radius 3 is 2.47 bits per heavy atom. The van der Waals surface area contributed by atoms with Gasteiger partial charge in [-0.3, -0.25) is 0 Å². The van der Waals surface area contributed by atoms with Crippen LogP contribution < -0.4 is 5.32 Å². The first-order valence-corrected chi connectivity index (χ1v) is 7.05. The maximum absolute atomic E-state index is 12.2. The molecule has 2 nitrogen and oxygen atoms in total. The Bertz CT molecular complexity index is 276.